The van der Waals surface area contributed by atoms with Crippen LogP contribution in [0.25, 0.3) is 0 Å². The molecule has 15 heavy (non-hydrogen) atoms. The molecule has 0 aromatic rings. The monoisotopic (exact) mass is 207 g/mol. The van der Waals surface area contributed by atoms with Gasteiger partial charge in [-0.25, -0.2) is 4.79 Å². The van der Waals surface area contributed by atoms with E-state index < -0.39 is 5.97 Å². The standard InChI is InChI=1S/C11H13NO3/c1-8(13)12-10(11(14)15-2)7-9-5-3-4-6-9/h3-7,9H,1-2H3,(H,12,13)/b10-7-. The SMILES string of the molecule is COC(=O)/C(=C/C1C=CC=C1)NC(C)=O. The summed E-state index contributed by atoms with van der Waals surface area (Å²) in [7, 11) is 1.28. The van der Waals surface area contributed by atoms with Crippen molar-refractivity contribution in [2.75, 3.05) is 7.11 Å². The van der Waals surface area contributed by atoms with Crippen LogP contribution in [0.1, 0.15) is 6.92 Å². The van der Waals surface area contributed by atoms with Crippen molar-refractivity contribution in [3.63, 3.8) is 0 Å². The molecule has 0 aliphatic heterocycles. The number of nitrogens with one attached hydrogen (secondary N) is 1. The molecule has 0 bridgehead atoms. The van der Waals surface area contributed by atoms with Crippen LogP contribution in [0.5, 0.6) is 0 Å². The lowest BCUT2D eigenvalue weighted by molar-refractivity contribution is -0.137. The second-order valence-electron chi connectivity index (χ2n) is 3.10. The lowest BCUT2D eigenvalue weighted by atomic mass is 10.1. The summed E-state index contributed by atoms with van der Waals surface area (Å²) in [6.45, 7) is 1.34. The average Bonchev–Trinajstić information content (AvgIpc) is 2.67. The maximum absolute atomic E-state index is 11.3. The lowest BCUT2D eigenvalue weighted by Crippen LogP contribution is -2.26. The number of carbonyl (C=O) groups is 2. The van der Waals surface area contributed by atoms with Gasteiger partial charge in [0.25, 0.3) is 0 Å². The molecule has 1 amide bonds. The fourth-order valence-corrected chi connectivity index (χ4v) is 1.21. The highest BCUT2D eigenvalue weighted by molar-refractivity contribution is 5.93. The van der Waals surface area contributed by atoms with E-state index in [4.69, 9.17) is 0 Å². The topological polar surface area (TPSA) is 55.4 Å². The van der Waals surface area contributed by atoms with E-state index in [0.717, 1.165) is 0 Å². The summed E-state index contributed by atoms with van der Waals surface area (Å²) in [5.74, 6) is -0.803. The van der Waals surface area contributed by atoms with Crippen molar-refractivity contribution in [1.29, 1.82) is 0 Å². The van der Waals surface area contributed by atoms with E-state index in [9.17, 15) is 9.59 Å². The summed E-state index contributed by atoms with van der Waals surface area (Å²) in [6.07, 6.45) is 9.22. The number of carbonyl (C=O) groups excluding carboxylic acids is 2. The Kier molecular flexibility index (Phi) is 3.85. The molecule has 1 aliphatic rings. The van der Waals surface area contributed by atoms with E-state index in [1.54, 1.807) is 6.08 Å². The van der Waals surface area contributed by atoms with Gasteiger partial charge >= 0.3 is 5.97 Å². The predicted octanol–water partition coefficient (Wildman–Crippen LogP) is 0.922. The van der Waals surface area contributed by atoms with E-state index >= 15 is 0 Å². The van der Waals surface area contributed by atoms with Crippen LogP contribution >= 0.6 is 0 Å². The van der Waals surface area contributed by atoms with Crippen LogP contribution in [0.3, 0.4) is 0 Å². The molecule has 4 heteroatoms. The Hall–Kier alpha value is -1.84. The van der Waals surface area contributed by atoms with Crippen molar-refractivity contribution in [1.82, 2.24) is 5.32 Å². The smallest absolute Gasteiger partial charge is 0.354 e. The molecule has 0 aromatic carbocycles. The Labute approximate surface area is 88.3 Å². The minimum absolute atomic E-state index is 0.0333. The van der Waals surface area contributed by atoms with Crippen LogP contribution < -0.4 is 5.32 Å². The third-order valence-electron chi connectivity index (χ3n) is 1.85. The highest BCUT2D eigenvalue weighted by atomic mass is 16.5. The van der Waals surface area contributed by atoms with Crippen molar-refractivity contribution in [2.45, 2.75) is 6.92 Å². The molecule has 0 saturated carbocycles. The molecule has 0 saturated heterocycles. The number of amides is 1. The van der Waals surface area contributed by atoms with Gasteiger partial charge in [-0.1, -0.05) is 24.3 Å². The molecule has 0 radical (unpaired) electrons. The molecular weight excluding hydrogens is 194 g/mol. The van der Waals surface area contributed by atoms with E-state index in [2.05, 4.69) is 10.1 Å². The highest BCUT2D eigenvalue weighted by Gasteiger charge is 2.13. The molecule has 0 heterocycles. The maximum Gasteiger partial charge on any atom is 0.354 e. The zero-order valence-electron chi connectivity index (χ0n) is 8.69. The minimum atomic E-state index is -0.543. The van der Waals surface area contributed by atoms with Crippen molar-refractivity contribution in [3.05, 3.63) is 36.1 Å². The first kappa shape index (κ1) is 11.2. The molecule has 0 unspecified atom stereocenters. The molecule has 1 N–H and O–H groups in total. The summed E-state index contributed by atoms with van der Waals surface area (Å²) < 4.78 is 4.55. The Bertz CT molecular complexity index is 341. The summed E-state index contributed by atoms with van der Waals surface area (Å²) in [4.78, 5) is 22.1. The van der Waals surface area contributed by atoms with Gasteiger partial charge in [-0.15, -0.1) is 0 Å². The quantitative estimate of drug-likeness (QED) is 0.553. The van der Waals surface area contributed by atoms with E-state index in [1.807, 2.05) is 24.3 Å². The van der Waals surface area contributed by atoms with Crippen LogP contribution in [0.2, 0.25) is 0 Å². The minimum Gasteiger partial charge on any atom is -0.464 e. The van der Waals surface area contributed by atoms with Crippen LogP contribution in [-0.2, 0) is 14.3 Å². The highest BCUT2D eigenvalue weighted by Crippen LogP contribution is 2.12. The molecule has 4 nitrogen and oxygen atoms in total. The van der Waals surface area contributed by atoms with Gasteiger partial charge < -0.3 is 10.1 Å². The van der Waals surface area contributed by atoms with Gasteiger partial charge in [0.05, 0.1) is 7.11 Å². The van der Waals surface area contributed by atoms with Gasteiger partial charge in [-0.3, -0.25) is 4.79 Å². The number of hydrogen-bond donors (Lipinski definition) is 1. The van der Waals surface area contributed by atoms with Crippen LogP contribution in [0.4, 0.5) is 0 Å². The summed E-state index contributed by atoms with van der Waals surface area (Å²) >= 11 is 0. The molecular formula is C11H13NO3. The van der Waals surface area contributed by atoms with Gasteiger partial charge in [-0.2, -0.15) is 0 Å². The molecule has 0 spiro atoms. The normalized spacial score (nSPS) is 15.5. The van der Waals surface area contributed by atoms with E-state index in [-0.39, 0.29) is 17.5 Å². The predicted molar refractivity (Wildman–Crippen MR) is 55.7 cm³/mol. The largest absolute Gasteiger partial charge is 0.464 e. The number of methoxy groups -OCH3 is 1. The van der Waals surface area contributed by atoms with Crippen molar-refractivity contribution < 1.29 is 14.3 Å². The number of ether oxygens (including phenoxy) is 1. The Balaban J connectivity index is 2.79. The third-order valence-corrected chi connectivity index (χ3v) is 1.85. The Morgan fingerprint density at radius 1 is 1.33 bits per heavy atom. The Morgan fingerprint density at radius 3 is 2.40 bits per heavy atom. The summed E-state index contributed by atoms with van der Waals surface area (Å²) in [5.41, 5.74) is 0.172. The first-order valence-electron chi connectivity index (χ1n) is 4.56. The molecule has 1 aliphatic carbocycles. The zero-order chi connectivity index (χ0) is 11.3. The average molecular weight is 207 g/mol. The van der Waals surface area contributed by atoms with E-state index in [0.29, 0.717) is 0 Å². The van der Waals surface area contributed by atoms with Gasteiger partial charge in [0.2, 0.25) is 5.91 Å². The molecule has 0 atom stereocenters. The van der Waals surface area contributed by atoms with E-state index in [1.165, 1.54) is 14.0 Å². The molecule has 0 aromatic heterocycles. The van der Waals surface area contributed by atoms with Crippen molar-refractivity contribution in [3.8, 4) is 0 Å². The summed E-state index contributed by atoms with van der Waals surface area (Å²) in [5, 5.41) is 2.44. The molecule has 0 fully saturated rings. The van der Waals surface area contributed by atoms with Gasteiger partial charge in [0, 0.05) is 12.8 Å². The third kappa shape index (κ3) is 3.42. The fourth-order valence-electron chi connectivity index (χ4n) is 1.21. The first-order valence-corrected chi connectivity index (χ1v) is 4.56. The number of rotatable bonds is 3. The first-order chi connectivity index (χ1) is 7.13. The number of hydrogen-bond acceptors (Lipinski definition) is 3. The molecule has 1 rings (SSSR count). The molecule has 80 valence electrons. The second kappa shape index (κ2) is 5.14. The lowest BCUT2D eigenvalue weighted by Gasteiger charge is -2.07. The number of allylic oxidation sites excluding steroid dienone is 5. The van der Waals surface area contributed by atoms with Crippen LogP contribution in [0, 0.1) is 5.92 Å². The maximum atomic E-state index is 11.3. The Morgan fingerprint density at radius 2 is 1.93 bits per heavy atom. The second-order valence-corrected chi connectivity index (χ2v) is 3.10. The van der Waals surface area contributed by atoms with Gasteiger partial charge in [0.1, 0.15) is 5.70 Å². The van der Waals surface area contributed by atoms with Crippen molar-refractivity contribution >= 4 is 11.9 Å². The zero-order valence-corrected chi connectivity index (χ0v) is 8.69. The van der Waals surface area contributed by atoms with Gasteiger partial charge in [-0.05, 0) is 6.08 Å². The fraction of sp³-hybridized carbons (Fsp3) is 0.273. The summed E-state index contributed by atoms with van der Waals surface area (Å²) in [6, 6.07) is 0. The van der Waals surface area contributed by atoms with Crippen LogP contribution in [0.15, 0.2) is 36.1 Å². The van der Waals surface area contributed by atoms with Crippen molar-refractivity contribution in [2.24, 2.45) is 5.92 Å². The van der Waals surface area contributed by atoms with Gasteiger partial charge in [0.15, 0.2) is 0 Å². The number of esters is 1. The van der Waals surface area contributed by atoms with Crippen LogP contribution in [-0.4, -0.2) is 19.0 Å².